The molecule has 13 heavy (non-hydrogen) atoms. The van der Waals surface area contributed by atoms with E-state index < -0.39 is 12.3 Å². The lowest BCUT2D eigenvalue weighted by Gasteiger charge is -2.45. The summed E-state index contributed by atoms with van der Waals surface area (Å²) in [5, 5.41) is 3.15. The highest BCUT2D eigenvalue weighted by atomic mass is 16.7. The molecule has 2 aliphatic heterocycles. The second kappa shape index (κ2) is 3.25. The van der Waals surface area contributed by atoms with Gasteiger partial charge in [0, 0.05) is 18.5 Å². The van der Waals surface area contributed by atoms with Crippen molar-refractivity contribution in [2.24, 2.45) is 5.41 Å². The smallest absolute Gasteiger partial charge is 0.363 e. The molecule has 0 bridgehead atoms. The van der Waals surface area contributed by atoms with Crippen molar-refractivity contribution in [3.63, 3.8) is 0 Å². The summed E-state index contributed by atoms with van der Waals surface area (Å²) in [4.78, 5) is 11.0. The summed E-state index contributed by atoms with van der Waals surface area (Å²) in [6.07, 6.45) is -0.823. The molecule has 1 N–H and O–H groups in total. The molecule has 0 aliphatic carbocycles. The van der Waals surface area contributed by atoms with Gasteiger partial charge in [-0.2, -0.15) is 0 Å². The van der Waals surface area contributed by atoms with Crippen molar-refractivity contribution < 1.29 is 19.0 Å². The van der Waals surface area contributed by atoms with E-state index in [0.29, 0.717) is 13.2 Å². The fraction of sp³-hybridized carbons (Fsp3) is 0.875. The Labute approximate surface area is 76.3 Å². The van der Waals surface area contributed by atoms with E-state index in [1.165, 1.54) is 7.11 Å². The summed E-state index contributed by atoms with van der Waals surface area (Å²) in [5.41, 5.74) is 0.102. The third-order valence-corrected chi connectivity index (χ3v) is 2.48. The van der Waals surface area contributed by atoms with Gasteiger partial charge in [-0.1, -0.05) is 0 Å². The van der Waals surface area contributed by atoms with Gasteiger partial charge in [0.25, 0.3) is 6.29 Å². The zero-order valence-electron chi connectivity index (χ0n) is 7.54. The summed E-state index contributed by atoms with van der Waals surface area (Å²) in [6, 6.07) is 0. The van der Waals surface area contributed by atoms with Gasteiger partial charge in [0.05, 0.1) is 20.3 Å². The number of hydrogen-bond donors (Lipinski definition) is 1. The molecule has 2 heterocycles. The molecule has 0 unspecified atom stereocenters. The molecular weight excluding hydrogens is 174 g/mol. The Balaban J connectivity index is 1.85. The molecule has 0 saturated carbocycles. The van der Waals surface area contributed by atoms with E-state index in [4.69, 9.17) is 9.47 Å². The molecule has 0 amide bonds. The average Bonchev–Trinajstić information content (AvgIpc) is 2.14. The van der Waals surface area contributed by atoms with Crippen molar-refractivity contribution in [1.82, 2.24) is 5.32 Å². The summed E-state index contributed by atoms with van der Waals surface area (Å²) >= 11 is 0. The molecule has 2 saturated heterocycles. The Morgan fingerprint density at radius 3 is 2.46 bits per heavy atom. The number of carbonyl (C=O) groups excluding carboxylic acids is 1. The van der Waals surface area contributed by atoms with Gasteiger partial charge < -0.3 is 19.5 Å². The quantitative estimate of drug-likeness (QED) is 0.540. The van der Waals surface area contributed by atoms with Crippen LogP contribution in [0.1, 0.15) is 0 Å². The maximum atomic E-state index is 11.0. The zero-order valence-corrected chi connectivity index (χ0v) is 7.54. The number of ether oxygens (including phenoxy) is 3. The lowest BCUT2D eigenvalue weighted by Crippen LogP contribution is -2.62. The molecule has 2 aliphatic rings. The first kappa shape index (κ1) is 8.93. The van der Waals surface area contributed by atoms with Crippen molar-refractivity contribution in [1.29, 1.82) is 0 Å². The van der Waals surface area contributed by atoms with Crippen LogP contribution in [0.4, 0.5) is 0 Å². The number of methoxy groups -OCH3 is 1. The molecule has 5 nitrogen and oxygen atoms in total. The monoisotopic (exact) mass is 187 g/mol. The maximum absolute atomic E-state index is 11.0. The number of carbonyl (C=O) groups is 1. The van der Waals surface area contributed by atoms with Crippen molar-refractivity contribution in [3.05, 3.63) is 0 Å². The molecule has 0 atom stereocenters. The lowest BCUT2D eigenvalue weighted by molar-refractivity contribution is -0.244. The molecule has 1 spiro atoms. The first-order valence-corrected chi connectivity index (χ1v) is 4.28. The lowest BCUT2D eigenvalue weighted by atomic mass is 9.83. The molecular formula is C8H13NO4. The molecule has 0 aromatic carbocycles. The molecule has 2 fully saturated rings. The van der Waals surface area contributed by atoms with Crippen LogP contribution in [0.25, 0.3) is 0 Å². The van der Waals surface area contributed by atoms with Gasteiger partial charge in [-0.25, -0.2) is 4.79 Å². The highest BCUT2D eigenvalue weighted by Gasteiger charge is 2.43. The van der Waals surface area contributed by atoms with Crippen LogP contribution >= 0.6 is 0 Å². The molecule has 0 aromatic heterocycles. The predicted octanol–water partition coefficient (Wildman–Crippen LogP) is -0.878. The highest BCUT2D eigenvalue weighted by molar-refractivity contribution is 5.73. The predicted molar refractivity (Wildman–Crippen MR) is 43.0 cm³/mol. The minimum absolute atomic E-state index is 0.102. The fourth-order valence-electron chi connectivity index (χ4n) is 1.51. The number of nitrogens with one attached hydrogen (secondary N) is 1. The van der Waals surface area contributed by atoms with Crippen LogP contribution in [0.2, 0.25) is 0 Å². The van der Waals surface area contributed by atoms with Gasteiger partial charge in [0.1, 0.15) is 0 Å². The van der Waals surface area contributed by atoms with E-state index in [1.807, 2.05) is 0 Å². The van der Waals surface area contributed by atoms with E-state index in [2.05, 4.69) is 10.1 Å². The van der Waals surface area contributed by atoms with Crippen LogP contribution in [0.3, 0.4) is 0 Å². The SMILES string of the molecule is COC(=O)C1OCC2(CNC2)CO1. The zero-order chi connectivity index (χ0) is 9.31. The van der Waals surface area contributed by atoms with E-state index in [1.54, 1.807) is 0 Å². The van der Waals surface area contributed by atoms with Crippen LogP contribution in [-0.4, -0.2) is 45.7 Å². The molecule has 0 aromatic rings. The Kier molecular flexibility index (Phi) is 2.23. The molecule has 74 valence electrons. The van der Waals surface area contributed by atoms with Gasteiger partial charge in [-0.05, 0) is 0 Å². The van der Waals surface area contributed by atoms with Gasteiger partial charge >= 0.3 is 5.97 Å². The van der Waals surface area contributed by atoms with Crippen molar-refractivity contribution >= 4 is 5.97 Å². The third-order valence-electron chi connectivity index (χ3n) is 2.48. The molecule has 0 radical (unpaired) electrons. The first-order valence-electron chi connectivity index (χ1n) is 4.28. The summed E-state index contributed by atoms with van der Waals surface area (Å²) in [7, 11) is 1.32. The Bertz CT molecular complexity index is 204. The van der Waals surface area contributed by atoms with Crippen LogP contribution in [0.5, 0.6) is 0 Å². The van der Waals surface area contributed by atoms with Crippen molar-refractivity contribution in [2.75, 3.05) is 33.4 Å². The van der Waals surface area contributed by atoms with E-state index in [9.17, 15) is 4.79 Å². The standard InChI is InChI=1S/C8H13NO4/c1-11-6(10)7-12-4-8(5-13-7)2-9-3-8/h7,9H,2-5H2,1H3. The van der Waals surface area contributed by atoms with Gasteiger partial charge in [-0.3, -0.25) is 0 Å². The minimum atomic E-state index is -0.823. The average molecular weight is 187 g/mol. The highest BCUT2D eigenvalue weighted by Crippen LogP contribution is 2.28. The second-order valence-corrected chi connectivity index (χ2v) is 3.58. The van der Waals surface area contributed by atoms with Crippen LogP contribution in [0.15, 0.2) is 0 Å². The third kappa shape index (κ3) is 1.54. The van der Waals surface area contributed by atoms with Crippen LogP contribution in [0, 0.1) is 5.41 Å². The van der Waals surface area contributed by atoms with E-state index in [0.717, 1.165) is 13.1 Å². The summed E-state index contributed by atoms with van der Waals surface area (Å²) in [5.74, 6) is -0.456. The molecule has 5 heteroatoms. The molecule has 2 rings (SSSR count). The topological polar surface area (TPSA) is 56.8 Å². The Hall–Kier alpha value is -0.650. The number of esters is 1. The van der Waals surface area contributed by atoms with E-state index in [-0.39, 0.29) is 5.41 Å². The Morgan fingerprint density at radius 1 is 1.46 bits per heavy atom. The van der Waals surface area contributed by atoms with Crippen LogP contribution < -0.4 is 5.32 Å². The maximum Gasteiger partial charge on any atom is 0.363 e. The van der Waals surface area contributed by atoms with Gasteiger partial charge in [-0.15, -0.1) is 0 Å². The van der Waals surface area contributed by atoms with Crippen molar-refractivity contribution in [2.45, 2.75) is 6.29 Å². The first-order chi connectivity index (χ1) is 6.26. The largest absolute Gasteiger partial charge is 0.465 e. The van der Waals surface area contributed by atoms with Gasteiger partial charge in [0.15, 0.2) is 0 Å². The Morgan fingerprint density at radius 2 is 2.08 bits per heavy atom. The summed E-state index contributed by atoms with van der Waals surface area (Å²) in [6.45, 7) is 2.95. The summed E-state index contributed by atoms with van der Waals surface area (Å²) < 4.78 is 15.0. The number of rotatable bonds is 1. The second-order valence-electron chi connectivity index (χ2n) is 3.58. The minimum Gasteiger partial charge on any atom is -0.465 e. The van der Waals surface area contributed by atoms with Crippen LogP contribution in [-0.2, 0) is 19.0 Å². The number of hydrogen-bond acceptors (Lipinski definition) is 5. The van der Waals surface area contributed by atoms with E-state index >= 15 is 0 Å². The normalized spacial score (nSPS) is 26.8. The fourth-order valence-corrected chi connectivity index (χ4v) is 1.51. The van der Waals surface area contributed by atoms with Crippen molar-refractivity contribution in [3.8, 4) is 0 Å². The van der Waals surface area contributed by atoms with Gasteiger partial charge in [0.2, 0.25) is 0 Å².